The Kier molecular flexibility index (Phi) is 4.92. The highest BCUT2D eigenvalue weighted by molar-refractivity contribution is 5.77. The predicted octanol–water partition coefficient (Wildman–Crippen LogP) is 2.83. The number of alkyl halides is 3. The van der Waals surface area contributed by atoms with Crippen molar-refractivity contribution in [1.29, 1.82) is 0 Å². The number of fused-ring (bicyclic) bond motifs is 1. The van der Waals surface area contributed by atoms with Gasteiger partial charge in [-0.1, -0.05) is 13.8 Å². The Balaban J connectivity index is 1.95. The Hall–Kier alpha value is -2.16. The van der Waals surface area contributed by atoms with Crippen LogP contribution in [0.1, 0.15) is 49.2 Å². The Morgan fingerprint density at radius 2 is 2.12 bits per heavy atom. The molecular weight excluding hydrogens is 349 g/mol. The first-order chi connectivity index (χ1) is 12.2. The monoisotopic (exact) mass is 370 g/mol. The summed E-state index contributed by atoms with van der Waals surface area (Å²) in [6.07, 6.45) is -3.87. The zero-order valence-electron chi connectivity index (χ0n) is 14.9. The minimum Gasteiger partial charge on any atom is -0.375 e. The molecule has 0 aromatic carbocycles. The fourth-order valence-electron chi connectivity index (χ4n) is 3.15. The van der Waals surface area contributed by atoms with Gasteiger partial charge in [-0.15, -0.1) is 0 Å². The topological polar surface area (TPSA) is 59.7 Å². The van der Waals surface area contributed by atoms with Gasteiger partial charge in [0, 0.05) is 37.9 Å². The van der Waals surface area contributed by atoms with Crippen molar-refractivity contribution in [2.75, 3.05) is 26.8 Å². The average molecular weight is 370 g/mol. The smallest absolute Gasteiger partial charge is 0.375 e. The van der Waals surface area contributed by atoms with E-state index < -0.39 is 11.9 Å². The van der Waals surface area contributed by atoms with E-state index in [1.165, 1.54) is 7.11 Å². The number of methoxy groups -OCH3 is 1. The first-order valence-corrected chi connectivity index (χ1v) is 8.45. The number of likely N-dealkylation sites (tertiary alicyclic amines) is 1. The van der Waals surface area contributed by atoms with Crippen molar-refractivity contribution < 1.29 is 22.7 Å². The van der Waals surface area contributed by atoms with Crippen molar-refractivity contribution >= 4 is 11.6 Å². The number of halogens is 3. The van der Waals surface area contributed by atoms with Crippen LogP contribution in [0.3, 0.4) is 0 Å². The van der Waals surface area contributed by atoms with Gasteiger partial charge in [0.05, 0.1) is 5.69 Å². The third-order valence-corrected chi connectivity index (χ3v) is 4.57. The van der Waals surface area contributed by atoms with Crippen LogP contribution >= 0.6 is 0 Å². The molecular formula is C17H21F3N4O2. The Labute approximate surface area is 148 Å². The molecule has 3 heterocycles. The summed E-state index contributed by atoms with van der Waals surface area (Å²) in [6.45, 7) is 4.55. The van der Waals surface area contributed by atoms with Gasteiger partial charge < -0.3 is 9.64 Å². The first-order valence-electron chi connectivity index (χ1n) is 8.45. The number of hydrogen-bond acceptors (Lipinski definition) is 4. The standard InChI is InChI=1S/C17H21F3N4O2/c1-10(2)12-6-14(17(18,19)20)24-15(21-12)7-13(22-24)11-4-5-23(8-11)16(25)9-26-3/h6-7,10-11H,4-5,8-9H2,1-3H3. The molecule has 1 aliphatic heterocycles. The summed E-state index contributed by atoms with van der Waals surface area (Å²) in [7, 11) is 1.45. The highest BCUT2D eigenvalue weighted by atomic mass is 19.4. The molecule has 1 amide bonds. The van der Waals surface area contributed by atoms with Crippen LogP contribution in [0.2, 0.25) is 0 Å². The molecule has 142 valence electrons. The number of ether oxygens (including phenoxy) is 1. The lowest BCUT2D eigenvalue weighted by molar-refractivity contribution is -0.142. The maximum Gasteiger partial charge on any atom is 0.433 e. The van der Waals surface area contributed by atoms with Crippen molar-refractivity contribution in [3.63, 3.8) is 0 Å². The van der Waals surface area contributed by atoms with Crippen LogP contribution in [-0.2, 0) is 15.7 Å². The van der Waals surface area contributed by atoms with Crippen molar-refractivity contribution in [3.05, 3.63) is 29.2 Å². The van der Waals surface area contributed by atoms with E-state index in [1.807, 2.05) is 0 Å². The molecule has 9 heteroatoms. The molecule has 1 unspecified atom stereocenters. The molecule has 6 nitrogen and oxygen atoms in total. The number of carbonyl (C=O) groups excluding carboxylic acids is 1. The fraction of sp³-hybridized carbons (Fsp3) is 0.588. The van der Waals surface area contributed by atoms with E-state index >= 15 is 0 Å². The normalized spacial score (nSPS) is 18.3. The second-order valence-corrected chi connectivity index (χ2v) is 6.82. The molecule has 0 spiro atoms. The molecule has 3 rings (SSSR count). The van der Waals surface area contributed by atoms with Gasteiger partial charge in [0.2, 0.25) is 5.91 Å². The number of amides is 1. The van der Waals surface area contributed by atoms with Gasteiger partial charge >= 0.3 is 6.18 Å². The fourth-order valence-corrected chi connectivity index (χ4v) is 3.15. The molecule has 2 aromatic rings. The summed E-state index contributed by atoms with van der Waals surface area (Å²) in [6, 6.07) is 2.65. The second-order valence-electron chi connectivity index (χ2n) is 6.82. The van der Waals surface area contributed by atoms with Gasteiger partial charge in [0.25, 0.3) is 0 Å². The van der Waals surface area contributed by atoms with Crippen LogP contribution in [0.5, 0.6) is 0 Å². The third-order valence-electron chi connectivity index (χ3n) is 4.57. The Morgan fingerprint density at radius 1 is 1.38 bits per heavy atom. The van der Waals surface area contributed by atoms with E-state index in [1.54, 1.807) is 24.8 Å². The molecule has 1 atom stereocenters. The van der Waals surface area contributed by atoms with Gasteiger partial charge in [0.1, 0.15) is 12.3 Å². The van der Waals surface area contributed by atoms with E-state index in [9.17, 15) is 18.0 Å². The van der Waals surface area contributed by atoms with Crippen molar-refractivity contribution in [2.24, 2.45) is 0 Å². The van der Waals surface area contributed by atoms with Crippen LogP contribution in [0.25, 0.3) is 5.65 Å². The number of nitrogens with zero attached hydrogens (tertiary/aromatic N) is 4. The quantitative estimate of drug-likeness (QED) is 0.830. The molecule has 26 heavy (non-hydrogen) atoms. The predicted molar refractivity (Wildman–Crippen MR) is 87.9 cm³/mol. The van der Waals surface area contributed by atoms with Gasteiger partial charge in [-0.3, -0.25) is 4.79 Å². The van der Waals surface area contributed by atoms with Crippen LogP contribution in [0.4, 0.5) is 13.2 Å². The van der Waals surface area contributed by atoms with Crippen molar-refractivity contribution in [3.8, 4) is 0 Å². The van der Waals surface area contributed by atoms with E-state index in [0.717, 1.165) is 10.6 Å². The van der Waals surface area contributed by atoms with Gasteiger partial charge in [0.15, 0.2) is 5.65 Å². The van der Waals surface area contributed by atoms with Crippen LogP contribution < -0.4 is 0 Å². The second kappa shape index (κ2) is 6.86. The summed E-state index contributed by atoms with van der Waals surface area (Å²) < 4.78 is 46.0. The van der Waals surface area contributed by atoms with Crippen LogP contribution in [-0.4, -0.2) is 52.2 Å². The Bertz CT molecular complexity index is 816. The third kappa shape index (κ3) is 3.53. The highest BCUT2D eigenvalue weighted by Gasteiger charge is 2.36. The zero-order chi connectivity index (χ0) is 19.1. The van der Waals surface area contributed by atoms with Gasteiger partial charge in [-0.05, 0) is 18.4 Å². The van der Waals surface area contributed by atoms with E-state index in [-0.39, 0.29) is 30.0 Å². The van der Waals surface area contributed by atoms with E-state index in [0.29, 0.717) is 30.9 Å². The SMILES string of the molecule is COCC(=O)N1CCC(c2cc3nc(C(C)C)cc(C(F)(F)F)n3n2)C1. The van der Waals surface area contributed by atoms with E-state index in [2.05, 4.69) is 10.1 Å². The van der Waals surface area contributed by atoms with Crippen molar-refractivity contribution in [2.45, 2.75) is 38.3 Å². The molecule has 0 radical (unpaired) electrons. The van der Waals surface area contributed by atoms with Gasteiger partial charge in [-0.2, -0.15) is 18.3 Å². The summed E-state index contributed by atoms with van der Waals surface area (Å²) in [5.74, 6) is -0.371. The molecule has 0 bridgehead atoms. The lowest BCUT2D eigenvalue weighted by Gasteiger charge is -2.15. The molecule has 1 fully saturated rings. The van der Waals surface area contributed by atoms with E-state index in [4.69, 9.17) is 4.74 Å². The molecule has 2 aromatic heterocycles. The maximum absolute atomic E-state index is 13.4. The Morgan fingerprint density at radius 3 is 2.73 bits per heavy atom. The molecule has 0 N–H and O–H groups in total. The maximum atomic E-state index is 13.4. The lowest BCUT2D eigenvalue weighted by Crippen LogP contribution is -2.31. The molecule has 1 saturated heterocycles. The summed E-state index contributed by atoms with van der Waals surface area (Å²) in [5.41, 5.74) is 0.249. The number of hydrogen-bond donors (Lipinski definition) is 0. The van der Waals surface area contributed by atoms with Crippen molar-refractivity contribution in [1.82, 2.24) is 19.5 Å². The minimum absolute atomic E-state index is 0.00455. The molecule has 0 saturated carbocycles. The van der Waals surface area contributed by atoms with Crippen LogP contribution in [0.15, 0.2) is 12.1 Å². The minimum atomic E-state index is -4.52. The van der Waals surface area contributed by atoms with Gasteiger partial charge in [-0.25, -0.2) is 9.50 Å². The zero-order valence-corrected chi connectivity index (χ0v) is 14.9. The molecule has 1 aliphatic rings. The lowest BCUT2D eigenvalue weighted by atomic mass is 10.1. The number of aromatic nitrogens is 3. The summed E-state index contributed by atoms with van der Waals surface area (Å²) >= 11 is 0. The molecule has 0 aliphatic carbocycles. The summed E-state index contributed by atoms with van der Waals surface area (Å²) in [4.78, 5) is 17.9. The summed E-state index contributed by atoms with van der Waals surface area (Å²) in [5, 5.41) is 4.17. The number of rotatable bonds is 4. The first kappa shape index (κ1) is 18.6. The number of carbonyl (C=O) groups is 1. The highest BCUT2D eigenvalue weighted by Crippen LogP contribution is 2.33. The average Bonchev–Trinajstić information content (AvgIpc) is 3.19. The van der Waals surface area contributed by atoms with Crippen LogP contribution in [0, 0.1) is 0 Å². The largest absolute Gasteiger partial charge is 0.433 e.